The van der Waals surface area contributed by atoms with Crippen molar-refractivity contribution < 1.29 is 0 Å². The molecular weight excluding hydrogens is 174 g/mol. The Morgan fingerprint density at radius 3 is 2.71 bits per heavy atom. The van der Waals surface area contributed by atoms with Gasteiger partial charge in [0.05, 0.1) is 6.04 Å². The summed E-state index contributed by atoms with van der Waals surface area (Å²) in [5.74, 6) is 1.87. The summed E-state index contributed by atoms with van der Waals surface area (Å²) in [6.45, 7) is 4.19. The molecule has 1 aromatic heterocycles. The van der Waals surface area contributed by atoms with Crippen molar-refractivity contribution in [3.05, 3.63) is 23.8 Å². The molecule has 2 N–H and O–H groups in total. The SMILES string of the molecule is CC(C)C(N)c1nccc(C2CC2)n1. The zero-order valence-corrected chi connectivity index (χ0v) is 8.77. The van der Waals surface area contributed by atoms with E-state index >= 15 is 0 Å². The third-order valence-corrected chi connectivity index (χ3v) is 2.71. The number of hydrogen-bond donors (Lipinski definition) is 1. The van der Waals surface area contributed by atoms with Crippen LogP contribution in [0.1, 0.15) is 50.2 Å². The number of nitrogens with two attached hydrogens (primary N) is 1. The summed E-state index contributed by atoms with van der Waals surface area (Å²) >= 11 is 0. The molecule has 1 saturated carbocycles. The lowest BCUT2D eigenvalue weighted by molar-refractivity contribution is 0.488. The van der Waals surface area contributed by atoms with E-state index in [4.69, 9.17) is 5.73 Å². The van der Waals surface area contributed by atoms with Crippen LogP contribution >= 0.6 is 0 Å². The van der Waals surface area contributed by atoms with Crippen molar-refractivity contribution in [1.82, 2.24) is 9.97 Å². The molecule has 2 rings (SSSR count). The predicted octanol–water partition coefficient (Wildman–Crippen LogP) is 2.01. The highest BCUT2D eigenvalue weighted by atomic mass is 14.9. The normalized spacial score (nSPS) is 18.6. The Morgan fingerprint density at radius 2 is 2.14 bits per heavy atom. The molecule has 0 bridgehead atoms. The Balaban J connectivity index is 2.20. The van der Waals surface area contributed by atoms with Crippen molar-refractivity contribution in [2.75, 3.05) is 0 Å². The molecule has 1 aliphatic carbocycles. The van der Waals surface area contributed by atoms with Crippen LogP contribution in [0.2, 0.25) is 0 Å². The van der Waals surface area contributed by atoms with Crippen molar-refractivity contribution in [3.8, 4) is 0 Å². The summed E-state index contributed by atoms with van der Waals surface area (Å²) in [4.78, 5) is 8.75. The van der Waals surface area contributed by atoms with Crippen LogP contribution in [0.15, 0.2) is 12.3 Å². The minimum atomic E-state index is -0.0336. The van der Waals surface area contributed by atoms with E-state index < -0.39 is 0 Å². The molecule has 0 spiro atoms. The second-order valence-corrected chi connectivity index (χ2v) is 4.38. The summed E-state index contributed by atoms with van der Waals surface area (Å²) in [7, 11) is 0. The molecule has 76 valence electrons. The first-order valence-electron chi connectivity index (χ1n) is 5.27. The van der Waals surface area contributed by atoms with Gasteiger partial charge in [-0.25, -0.2) is 9.97 Å². The van der Waals surface area contributed by atoms with Gasteiger partial charge in [-0.05, 0) is 24.8 Å². The Bertz CT molecular complexity index is 318. The van der Waals surface area contributed by atoms with Gasteiger partial charge in [0.1, 0.15) is 5.82 Å². The molecule has 0 saturated heterocycles. The third-order valence-electron chi connectivity index (χ3n) is 2.71. The Morgan fingerprint density at radius 1 is 1.43 bits per heavy atom. The lowest BCUT2D eigenvalue weighted by Crippen LogP contribution is -2.20. The number of hydrogen-bond acceptors (Lipinski definition) is 3. The molecule has 1 atom stereocenters. The summed E-state index contributed by atoms with van der Waals surface area (Å²) < 4.78 is 0. The molecule has 0 amide bonds. The van der Waals surface area contributed by atoms with Crippen molar-refractivity contribution >= 4 is 0 Å². The molecule has 0 aliphatic heterocycles. The van der Waals surface area contributed by atoms with Crippen LogP contribution in [0.25, 0.3) is 0 Å². The maximum atomic E-state index is 6.00. The number of aromatic nitrogens is 2. The quantitative estimate of drug-likeness (QED) is 0.795. The second kappa shape index (κ2) is 3.65. The molecule has 3 heteroatoms. The van der Waals surface area contributed by atoms with E-state index in [1.54, 1.807) is 0 Å². The van der Waals surface area contributed by atoms with Crippen molar-refractivity contribution in [2.24, 2.45) is 11.7 Å². The molecule has 0 radical (unpaired) electrons. The third kappa shape index (κ3) is 1.93. The molecule has 14 heavy (non-hydrogen) atoms. The minimum Gasteiger partial charge on any atom is -0.321 e. The van der Waals surface area contributed by atoms with E-state index in [1.165, 1.54) is 18.5 Å². The van der Waals surface area contributed by atoms with E-state index in [9.17, 15) is 0 Å². The highest BCUT2D eigenvalue weighted by Crippen LogP contribution is 2.38. The zero-order valence-electron chi connectivity index (χ0n) is 8.77. The lowest BCUT2D eigenvalue weighted by Gasteiger charge is -2.14. The van der Waals surface area contributed by atoms with Gasteiger partial charge in [0.25, 0.3) is 0 Å². The van der Waals surface area contributed by atoms with Gasteiger partial charge >= 0.3 is 0 Å². The van der Waals surface area contributed by atoms with Gasteiger partial charge in [0.15, 0.2) is 0 Å². The Kier molecular flexibility index (Phi) is 2.50. The summed E-state index contributed by atoms with van der Waals surface area (Å²) in [5, 5.41) is 0. The molecule has 0 aromatic carbocycles. The van der Waals surface area contributed by atoms with Gasteiger partial charge in [-0.3, -0.25) is 0 Å². The molecule has 1 aromatic rings. The molecular formula is C11H17N3. The fourth-order valence-corrected chi connectivity index (χ4v) is 1.45. The summed E-state index contributed by atoms with van der Waals surface area (Å²) in [6.07, 6.45) is 4.37. The largest absolute Gasteiger partial charge is 0.321 e. The summed E-state index contributed by atoms with van der Waals surface area (Å²) in [6, 6.07) is 1.97. The molecule has 1 fully saturated rings. The maximum absolute atomic E-state index is 6.00. The molecule has 1 unspecified atom stereocenters. The smallest absolute Gasteiger partial charge is 0.145 e. The Hall–Kier alpha value is -0.960. The van der Waals surface area contributed by atoms with E-state index in [0.29, 0.717) is 11.8 Å². The maximum Gasteiger partial charge on any atom is 0.145 e. The van der Waals surface area contributed by atoms with E-state index in [1.807, 2.05) is 12.3 Å². The zero-order chi connectivity index (χ0) is 10.1. The fourth-order valence-electron chi connectivity index (χ4n) is 1.45. The predicted molar refractivity (Wildman–Crippen MR) is 55.8 cm³/mol. The van der Waals surface area contributed by atoms with Gasteiger partial charge in [-0.2, -0.15) is 0 Å². The van der Waals surface area contributed by atoms with Crippen LogP contribution in [0.5, 0.6) is 0 Å². The summed E-state index contributed by atoms with van der Waals surface area (Å²) in [5.41, 5.74) is 7.17. The van der Waals surface area contributed by atoms with Gasteiger partial charge in [0.2, 0.25) is 0 Å². The van der Waals surface area contributed by atoms with Crippen LogP contribution < -0.4 is 5.73 Å². The molecule has 1 aliphatic rings. The van der Waals surface area contributed by atoms with Gasteiger partial charge in [0, 0.05) is 17.8 Å². The van der Waals surface area contributed by atoms with Crippen LogP contribution in [0, 0.1) is 5.92 Å². The number of nitrogens with zero attached hydrogens (tertiary/aromatic N) is 2. The van der Waals surface area contributed by atoms with Gasteiger partial charge < -0.3 is 5.73 Å². The highest BCUT2D eigenvalue weighted by molar-refractivity contribution is 5.15. The molecule has 1 heterocycles. The average molecular weight is 191 g/mol. The highest BCUT2D eigenvalue weighted by Gasteiger charge is 2.26. The Labute approximate surface area is 84.8 Å². The van der Waals surface area contributed by atoms with Gasteiger partial charge in [-0.15, -0.1) is 0 Å². The van der Waals surface area contributed by atoms with Crippen LogP contribution in [0.4, 0.5) is 0 Å². The minimum absolute atomic E-state index is 0.0336. The van der Waals surface area contributed by atoms with Crippen LogP contribution in [-0.4, -0.2) is 9.97 Å². The average Bonchev–Trinajstić information content (AvgIpc) is 3.00. The van der Waals surface area contributed by atoms with Crippen molar-refractivity contribution in [3.63, 3.8) is 0 Å². The van der Waals surface area contributed by atoms with Gasteiger partial charge in [-0.1, -0.05) is 13.8 Å². The monoisotopic (exact) mass is 191 g/mol. The van der Waals surface area contributed by atoms with E-state index in [2.05, 4.69) is 23.8 Å². The fraction of sp³-hybridized carbons (Fsp3) is 0.636. The number of rotatable bonds is 3. The first kappa shape index (κ1) is 9.59. The lowest BCUT2D eigenvalue weighted by atomic mass is 10.0. The topological polar surface area (TPSA) is 51.8 Å². The first-order valence-corrected chi connectivity index (χ1v) is 5.27. The first-order chi connectivity index (χ1) is 6.68. The molecule has 3 nitrogen and oxygen atoms in total. The van der Waals surface area contributed by atoms with E-state index in [0.717, 1.165) is 5.82 Å². The second-order valence-electron chi connectivity index (χ2n) is 4.38. The van der Waals surface area contributed by atoms with Crippen LogP contribution in [-0.2, 0) is 0 Å². The van der Waals surface area contributed by atoms with Crippen molar-refractivity contribution in [2.45, 2.75) is 38.6 Å². The van der Waals surface area contributed by atoms with E-state index in [-0.39, 0.29) is 6.04 Å². The van der Waals surface area contributed by atoms with Crippen molar-refractivity contribution in [1.29, 1.82) is 0 Å². The standard InChI is InChI=1S/C11H17N3/c1-7(2)10(12)11-13-6-5-9(14-11)8-3-4-8/h5-8,10H,3-4,12H2,1-2H3. The van der Waals surface area contributed by atoms with Crippen LogP contribution in [0.3, 0.4) is 0 Å².